The van der Waals surface area contributed by atoms with Crippen LogP contribution in [0.2, 0.25) is 0 Å². The summed E-state index contributed by atoms with van der Waals surface area (Å²) < 4.78 is 21.2. The maximum Gasteiger partial charge on any atom is 0.311 e. The molecule has 0 spiro atoms. The van der Waals surface area contributed by atoms with Crippen LogP contribution in [0.25, 0.3) is 5.69 Å². The highest BCUT2D eigenvalue weighted by Gasteiger charge is 2.23. The standard InChI is InChI=1S/C22H22FN3O4/c1-14-20(22(29)26(25(14)3)18-7-5-4-6-8-18)24-21(28)15(2)30-19(27)13-16-9-11-17(23)12-10-16/h4-12,15H,13H2,1-3H3,(H,24,28)/t15-/m1/s1. The van der Waals surface area contributed by atoms with Crippen LogP contribution in [0, 0.1) is 12.7 Å². The summed E-state index contributed by atoms with van der Waals surface area (Å²) in [6.07, 6.45) is -1.20. The number of para-hydroxylation sites is 1. The second-order valence-corrected chi connectivity index (χ2v) is 6.86. The summed E-state index contributed by atoms with van der Waals surface area (Å²) in [5.41, 5.74) is 1.51. The third-order valence-corrected chi connectivity index (χ3v) is 4.74. The van der Waals surface area contributed by atoms with Gasteiger partial charge in [0.1, 0.15) is 11.5 Å². The lowest BCUT2D eigenvalue weighted by atomic mass is 10.1. The highest BCUT2D eigenvalue weighted by Crippen LogP contribution is 2.14. The van der Waals surface area contributed by atoms with Gasteiger partial charge in [0, 0.05) is 7.05 Å². The molecule has 0 bridgehead atoms. The topological polar surface area (TPSA) is 82.3 Å². The van der Waals surface area contributed by atoms with Gasteiger partial charge in [-0.25, -0.2) is 9.07 Å². The molecule has 0 fully saturated rings. The van der Waals surface area contributed by atoms with Gasteiger partial charge in [0.05, 0.1) is 17.8 Å². The number of rotatable bonds is 6. The van der Waals surface area contributed by atoms with E-state index in [2.05, 4.69) is 5.32 Å². The summed E-state index contributed by atoms with van der Waals surface area (Å²) in [6.45, 7) is 3.13. The minimum Gasteiger partial charge on any atom is -0.452 e. The number of amides is 1. The molecule has 2 aromatic carbocycles. The fraction of sp³-hybridized carbons (Fsp3) is 0.227. The molecule has 156 valence electrons. The summed E-state index contributed by atoms with van der Waals surface area (Å²) in [4.78, 5) is 37.4. The van der Waals surface area contributed by atoms with E-state index >= 15 is 0 Å². The van der Waals surface area contributed by atoms with Gasteiger partial charge in [-0.15, -0.1) is 0 Å². The molecule has 8 heteroatoms. The molecule has 0 saturated heterocycles. The van der Waals surface area contributed by atoms with E-state index in [1.807, 2.05) is 18.2 Å². The summed E-state index contributed by atoms with van der Waals surface area (Å²) in [6, 6.07) is 14.5. The van der Waals surface area contributed by atoms with Crippen molar-refractivity contribution >= 4 is 17.6 Å². The Balaban J connectivity index is 1.70. The zero-order valence-corrected chi connectivity index (χ0v) is 16.9. The van der Waals surface area contributed by atoms with Crippen molar-refractivity contribution in [2.45, 2.75) is 26.4 Å². The molecule has 1 amide bonds. The first-order valence-electron chi connectivity index (χ1n) is 9.36. The van der Waals surface area contributed by atoms with Crippen LogP contribution in [0.5, 0.6) is 0 Å². The molecule has 1 aromatic heterocycles. The second kappa shape index (κ2) is 8.77. The van der Waals surface area contributed by atoms with Gasteiger partial charge in [-0.2, -0.15) is 0 Å². The van der Waals surface area contributed by atoms with Gasteiger partial charge in [0.15, 0.2) is 6.10 Å². The van der Waals surface area contributed by atoms with Gasteiger partial charge >= 0.3 is 5.97 Å². The predicted octanol–water partition coefficient (Wildman–Crippen LogP) is 2.74. The van der Waals surface area contributed by atoms with Crippen LogP contribution in [0.3, 0.4) is 0 Å². The van der Waals surface area contributed by atoms with Crippen molar-refractivity contribution in [1.29, 1.82) is 0 Å². The Morgan fingerprint density at radius 3 is 2.37 bits per heavy atom. The number of hydrogen-bond acceptors (Lipinski definition) is 4. The third-order valence-electron chi connectivity index (χ3n) is 4.74. The van der Waals surface area contributed by atoms with Crippen molar-refractivity contribution in [3.63, 3.8) is 0 Å². The Hall–Kier alpha value is -3.68. The van der Waals surface area contributed by atoms with E-state index in [1.165, 1.54) is 35.9 Å². The zero-order chi connectivity index (χ0) is 21.8. The lowest BCUT2D eigenvalue weighted by Gasteiger charge is -2.13. The van der Waals surface area contributed by atoms with Crippen LogP contribution in [0.1, 0.15) is 18.2 Å². The Morgan fingerprint density at radius 2 is 1.73 bits per heavy atom. The summed E-state index contributed by atoms with van der Waals surface area (Å²) in [5.74, 6) is -1.65. The van der Waals surface area contributed by atoms with Gasteiger partial charge in [0.25, 0.3) is 11.5 Å². The van der Waals surface area contributed by atoms with Crippen LogP contribution in [0.4, 0.5) is 10.1 Å². The van der Waals surface area contributed by atoms with Gasteiger partial charge in [0.2, 0.25) is 0 Å². The van der Waals surface area contributed by atoms with Crippen molar-refractivity contribution in [3.8, 4) is 5.69 Å². The number of nitrogens with zero attached hydrogens (tertiary/aromatic N) is 2. The number of halogens is 1. The quantitative estimate of drug-likeness (QED) is 0.633. The molecule has 30 heavy (non-hydrogen) atoms. The predicted molar refractivity (Wildman–Crippen MR) is 110 cm³/mol. The number of nitrogens with one attached hydrogen (secondary N) is 1. The highest BCUT2D eigenvalue weighted by atomic mass is 19.1. The molecule has 1 N–H and O–H groups in total. The molecule has 7 nitrogen and oxygen atoms in total. The van der Waals surface area contributed by atoms with E-state index in [0.717, 1.165) is 0 Å². The molecular weight excluding hydrogens is 389 g/mol. The SMILES string of the molecule is Cc1c(NC(=O)[C@@H](C)OC(=O)Cc2ccc(F)cc2)c(=O)n(-c2ccccc2)n1C. The molecular formula is C22H22FN3O4. The van der Waals surface area contributed by atoms with E-state index in [-0.39, 0.29) is 17.7 Å². The summed E-state index contributed by atoms with van der Waals surface area (Å²) in [5, 5.41) is 2.57. The molecule has 3 rings (SSSR count). The third kappa shape index (κ3) is 4.48. The number of hydrogen-bond donors (Lipinski definition) is 1. The van der Waals surface area contributed by atoms with Crippen LogP contribution < -0.4 is 10.9 Å². The average Bonchev–Trinajstić information content (AvgIpc) is 2.93. The van der Waals surface area contributed by atoms with Gasteiger partial charge in [-0.1, -0.05) is 30.3 Å². The molecule has 0 radical (unpaired) electrons. The number of anilines is 1. The first-order chi connectivity index (χ1) is 14.3. The Labute approximate surface area is 172 Å². The fourth-order valence-corrected chi connectivity index (χ4v) is 3.00. The van der Waals surface area contributed by atoms with Crippen LogP contribution >= 0.6 is 0 Å². The number of carbonyl (C=O) groups excluding carboxylic acids is 2. The molecule has 3 aromatic rings. The smallest absolute Gasteiger partial charge is 0.311 e. The Kier molecular flexibility index (Phi) is 6.15. The van der Waals surface area contributed by atoms with Crippen LogP contribution in [-0.2, 0) is 27.8 Å². The number of ether oxygens (including phenoxy) is 1. The van der Waals surface area contributed by atoms with Crippen molar-refractivity contribution < 1.29 is 18.7 Å². The maximum atomic E-state index is 13.0. The van der Waals surface area contributed by atoms with Crippen molar-refractivity contribution in [2.75, 3.05) is 5.32 Å². The Bertz CT molecular complexity index is 1120. The monoisotopic (exact) mass is 411 g/mol. The minimum absolute atomic E-state index is 0.0942. The van der Waals surface area contributed by atoms with E-state index in [1.54, 1.807) is 30.8 Å². The highest BCUT2D eigenvalue weighted by molar-refractivity contribution is 5.95. The normalized spacial score (nSPS) is 11.7. The average molecular weight is 411 g/mol. The van der Waals surface area contributed by atoms with Crippen molar-refractivity contribution in [3.05, 3.63) is 82.0 Å². The van der Waals surface area contributed by atoms with E-state index < -0.39 is 23.8 Å². The minimum atomic E-state index is -1.11. The number of carbonyl (C=O) groups is 2. The second-order valence-electron chi connectivity index (χ2n) is 6.86. The van der Waals surface area contributed by atoms with Crippen LogP contribution in [-0.4, -0.2) is 27.3 Å². The lowest BCUT2D eigenvalue weighted by molar-refractivity contribution is -0.152. The summed E-state index contributed by atoms with van der Waals surface area (Å²) >= 11 is 0. The van der Waals surface area contributed by atoms with Gasteiger partial charge in [-0.3, -0.25) is 19.1 Å². The number of esters is 1. The van der Waals surface area contributed by atoms with E-state index in [4.69, 9.17) is 4.74 Å². The number of benzene rings is 2. The fourth-order valence-electron chi connectivity index (χ4n) is 3.00. The molecule has 0 unspecified atom stereocenters. The largest absolute Gasteiger partial charge is 0.452 e. The molecule has 0 aliphatic heterocycles. The van der Waals surface area contributed by atoms with E-state index in [9.17, 15) is 18.8 Å². The van der Waals surface area contributed by atoms with Crippen molar-refractivity contribution in [2.24, 2.45) is 7.05 Å². The Morgan fingerprint density at radius 1 is 1.10 bits per heavy atom. The molecule has 0 aliphatic rings. The van der Waals surface area contributed by atoms with E-state index in [0.29, 0.717) is 16.9 Å². The molecule has 0 saturated carbocycles. The van der Waals surface area contributed by atoms with Crippen molar-refractivity contribution in [1.82, 2.24) is 9.36 Å². The zero-order valence-electron chi connectivity index (χ0n) is 16.9. The first kappa shape index (κ1) is 21.0. The molecule has 1 heterocycles. The van der Waals surface area contributed by atoms with Gasteiger partial charge in [-0.05, 0) is 43.7 Å². The van der Waals surface area contributed by atoms with Crippen LogP contribution in [0.15, 0.2) is 59.4 Å². The summed E-state index contributed by atoms with van der Waals surface area (Å²) in [7, 11) is 1.71. The molecule has 1 atom stereocenters. The number of aromatic nitrogens is 2. The molecule has 0 aliphatic carbocycles. The lowest BCUT2D eigenvalue weighted by Crippen LogP contribution is -2.32. The maximum absolute atomic E-state index is 13.0. The van der Waals surface area contributed by atoms with Gasteiger partial charge < -0.3 is 10.1 Å². The first-order valence-corrected chi connectivity index (χ1v) is 9.36.